The Kier molecular flexibility index (Phi) is 3.25. The molecule has 0 fully saturated rings. The van der Waals surface area contributed by atoms with E-state index in [2.05, 4.69) is 41.6 Å². The van der Waals surface area contributed by atoms with Crippen molar-refractivity contribution in [1.29, 1.82) is 0 Å². The number of hydrogen-bond donors (Lipinski definition) is 1. The predicted octanol–water partition coefficient (Wildman–Crippen LogP) is 2.11. The fourth-order valence-corrected chi connectivity index (χ4v) is 2.12. The van der Waals surface area contributed by atoms with Crippen molar-refractivity contribution in [2.75, 3.05) is 7.05 Å². The van der Waals surface area contributed by atoms with Gasteiger partial charge in [0, 0.05) is 24.9 Å². The lowest BCUT2D eigenvalue weighted by molar-refractivity contribution is 0.535. The van der Waals surface area contributed by atoms with Gasteiger partial charge >= 0.3 is 0 Å². The van der Waals surface area contributed by atoms with Crippen LogP contribution in [-0.2, 0) is 13.5 Å². The van der Waals surface area contributed by atoms with Crippen LogP contribution in [0.25, 0.3) is 10.9 Å². The SMILES string of the molecule is CCC(Cc1nn(C)c2ccccc12)NC. The summed E-state index contributed by atoms with van der Waals surface area (Å²) in [7, 11) is 4.02. The van der Waals surface area contributed by atoms with Crippen LogP contribution in [0, 0.1) is 0 Å². The second-order valence-corrected chi connectivity index (χ2v) is 4.19. The molecule has 0 saturated heterocycles. The molecule has 2 aromatic rings. The maximum absolute atomic E-state index is 4.60. The summed E-state index contributed by atoms with van der Waals surface area (Å²) in [4.78, 5) is 0. The topological polar surface area (TPSA) is 29.9 Å². The van der Waals surface area contributed by atoms with E-state index in [1.165, 1.54) is 16.6 Å². The Morgan fingerprint density at radius 1 is 1.38 bits per heavy atom. The maximum Gasteiger partial charge on any atom is 0.0718 e. The molecule has 2 rings (SSSR count). The Hall–Kier alpha value is -1.35. The van der Waals surface area contributed by atoms with E-state index in [0.717, 1.165) is 12.8 Å². The molecule has 0 radical (unpaired) electrons. The first-order valence-electron chi connectivity index (χ1n) is 5.84. The van der Waals surface area contributed by atoms with E-state index < -0.39 is 0 Å². The van der Waals surface area contributed by atoms with E-state index >= 15 is 0 Å². The fourth-order valence-electron chi connectivity index (χ4n) is 2.12. The lowest BCUT2D eigenvalue weighted by atomic mass is 10.1. The molecule has 3 nitrogen and oxygen atoms in total. The Labute approximate surface area is 96.5 Å². The van der Waals surface area contributed by atoms with Gasteiger partial charge in [-0.3, -0.25) is 4.68 Å². The number of nitrogens with one attached hydrogen (secondary N) is 1. The quantitative estimate of drug-likeness (QED) is 0.850. The largest absolute Gasteiger partial charge is 0.317 e. The van der Waals surface area contributed by atoms with Gasteiger partial charge in [-0.1, -0.05) is 25.1 Å². The van der Waals surface area contributed by atoms with Crippen molar-refractivity contribution in [3.05, 3.63) is 30.0 Å². The van der Waals surface area contributed by atoms with Gasteiger partial charge in [0.2, 0.25) is 0 Å². The second kappa shape index (κ2) is 4.66. The van der Waals surface area contributed by atoms with Crippen LogP contribution < -0.4 is 5.32 Å². The zero-order chi connectivity index (χ0) is 11.5. The molecular formula is C13H19N3. The molecule has 0 spiro atoms. The molecule has 0 saturated carbocycles. The van der Waals surface area contributed by atoms with E-state index in [-0.39, 0.29) is 0 Å². The van der Waals surface area contributed by atoms with Gasteiger partial charge < -0.3 is 5.32 Å². The third-order valence-corrected chi connectivity index (χ3v) is 3.18. The van der Waals surface area contributed by atoms with E-state index in [4.69, 9.17) is 0 Å². The number of nitrogens with zero attached hydrogens (tertiary/aromatic N) is 2. The molecule has 1 aromatic heterocycles. The smallest absolute Gasteiger partial charge is 0.0718 e. The highest BCUT2D eigenvalue weighted by molar-refractivity contribution is 5.81. The van der Waals surface area contributed by atoms with Gasteiger partial charge in [-0.2, -0.15) is 5.10 Å². The van der Waals surface area contributed by atoms with Crippen LogP contribution >= 0.6 is 0 Å². The average Bonchev–Trinajstić information content (AvgIpc) is 2.64. The molecule has 1 atom stereocenters. The molecule has 1 N–H and O–H groups in total. The highest BCUT2D eigenvalue weighted by Crippen LogP contribution is 2.19. The predicted molar refractivity (Wildman–Crippen MR) is 67.6 cm³/mol. The molecule has 0 aliphatic carbocycles. The Morgan fingerprint density at radius 3 is 2.81 bits per heavy atom. The standard InChI is InChI=1S/C13H19N3/c1-4-10(14-2)9-12-11-7-5-6-8-13(11)16(3)15-12/h5-8,10,14H,4,9H2,1-3H3. The Balaban J connectivity index is 2.37. The fraction of sp³-hybridized carbons (Fsp3) is 0.462. The van der Waals surface area contributed by atoms with E-state index in [0.29, 0.717) is 6.04 Å². The van der Waals surface area contributed by atoms with Gasteiger partial charge in [0.15, 0.2) is 0 Å². The van der Waals surface area contributed by atoms with Crippen molar-refractivity contribution >= 4 is 10.9 Å². The second-order valence-electron chi connectivity index (χ2n) is 4.19. The number of para-hydroxylation sites is 1. The number of hydrogen-bond acceptors (Lipinski definition) is 2. The summed E-state index contributed by atoms with van der Waals surface area (Å²) in [5.74, 6) is 0. The minimum Gasteiger partial charge on any atom is -0.317 e. The first-order chi connectivity index (χ1) is 7.76. The number of fused-ring (bicyclic) bond motifs is 1. The molecule has 0 amide bonds. The maximum atomic E-state index is 4.60. The molecule has 16 heavy (non-hydrogen) atoms. The molecular weight excluding hydrogens is 198 g/mol. The summed E-state index contributed by atoms with van der Waals surface area (Å²) >= 11 is 0. The van der Waals surface area contributed by atoms with Gasteiger partial charge in [0.05, 0.1) is 11.2 Å². The summed E-state index contributed by atoms with van der Waals surface area (Å²) in [5.41, 5.74) is 2.41. The number of likely N-dealkylation sites (N-methyl/N-ethyl adjacent to an activating group) is 1. The van der Waals surface area contributed by atoms with Gasteiger partial charge in [-0.25, -0.2) is 0 Å². The molecule has 1 aromatic carbocycles. The lowest BCUT2D eigenvalue weighted by Crippen LogP contribution is -2.26. The van der Waals surface area contributed by atoms with E-state index in [1.807, 2.05) is 18.8 Å². The molecule has 0 aliphatic rings. The molecule has 1 unspecified atom stereocenters. The summed E-state index contributed by atoms with van der Waals surface area (Å²) < 4.78 is 1.97. The van der Waals surface area contributed by atoms with Gasteiger partial charge in [0.25, 0.3) is 0 Å². The number of aryl methyl sites for hydroxylation is 1. The molecule has 1 heterocycles. The lowest BCUT2D eigenvalue weighted by Gasteiger charge is -2.11. The van der Waals surface area contributed by atoms with Crippen LogP contribution in [0.2, 0.25) is 0 Å². The first-order valence-corrected chi connectivity index (χ1v) is 5.84. The van der Waals surface area contributed by atoms with E-state index in [1.54, 1.807) is 0 Å². The highest BCUT2D eigenvalue weighted by Gasteiger charge is 2.11. The number of rotatable bonds is 4. The average molecular weight is 217 g/mol. The third kappa shape index (κ3) is 1.95. The van der Waals surface area contributed by atoms with Crippen molar-refractivity contribution < 1.29 is 0 Å². The van der Waals surface area contributed by atoms with Crippen molar-refractivity contribution in [1.82, 2.24) is 15.1 Å². The Bertz CT molecular complexity index is 469. The number of aromatic nitrogens is 2. The van der Waals surface area contributed by atoms with Gasteiger partial charge in [-0.15, -0.1) is 0 Å². The highest BCUT2D eigenvalue weighted by atomic mass is 15.3. The van der Waals surface area contributed by atoms with Crippen molar-refractivity contribution in [3.8, 4) is 0 Å². The van der Waals surface area contributed by atoms with Crippen LogP contribution in [0.1, 0.15) is 19.0 Å². The van der Waals surface area contributed by atoms with Crippen LogP contribution in [0.4, 0.5) is 0 Å². The van der Waals surface area contributed by atoms with Crippen molar-refractivity contribution in [2.45, 2.75) is 25.8 Å². The first kappa shape index (κ1) is 11.1. The third-order valence-electron chi connectivity index (χ3n) is 3.18. The Morgan fingerprint density at radius 2 is 2.12 bits per heavy atom. The summed E-state index contributed by atoms with van der Waals surface area (Å²) in [5, 5.41) is 9.20. The summed E-state index contributed by atoms with van der Waals surface area (Å²) in [6, 6.07) is 8.92. The van der Waals surface area contributed by atoms with Crippen molar-refractivity contribution in [2.24, 2.45) is 7.05 Å². The summed E-state index contributed by atoms with van der Waals surface area (Å²) in [6.07, 6.45) is 2.12. The normalized spacial score (nSPS) is 13.2. The van der Waals surface area contributed by atoms with Gasteiger partial charge in [0.1, 0.15) is 0 Å². The minimum atomic E-state index is 0.512. The minimum absolute atomic E-state index is 0.512. The zero-order valence-corrected chi connectivity index (χ0v) is 10.2. The van der Waals surface area contributed by atoms with Crippen LogP contribution in [0.5, 0.6) is 0 Å². The van der Waals surface area contributed by atoms with Gasteiger partial charge in [-0.05, 0) is 19.5 Å². The molecule has 86 valence electrons. The molecule has 0 bridgehead atoms. The molecule has 3 heteroatoms. The summed E-state index contributed by atoms with van der Waals surface area (Å²) in [6.45, 7) is 2.20. The monoisotopic (exact) mass is 217 g/mol. The number of benzene rings is 1. The van der Waals surface area contributed by atoms with Crippen molar-refractivity contribution in [3.63, 3.8) is 0 Å². The zero-order valence-electron chi connectivity index (χ0n) is 10.2. The van der Waals surface area contributed by atoms with Crippen LogP contribution in [0.3, 0.4) is 0 Å². The van der Waals surface area contributed by atoms with Crippen LogP contribution in [0.15, 0.2) is 24.3 Å². The molecule has 0 aliphatic heterocycles. The van der Waals surface area contributed by atoms with E-state index in [9.17, 15) is 0 Å². The van der Waals surface area contributed by atoms with Crippen LogP contribution in [-0.4, -0.2) is 22.9 Å².